The van der Waals surface area contributed by atoms with Crippen molar-refractivity contribution < 1.29 is 9.53 Å². The lowest BCUT2D eigenvalue weighted by molar-refractivity contribution is -0.116. The zero-order valence-electron chi connectivity index (χ0n) is 18.6. The first kappa shape index (κ1) is 21.2. The highest BCUT2D eigenvalue weighted by molar-refractivity contribution is 6.01. The summed E-state index contributed by atoms with van der Waals surface area (Å²) in [4.78, 5) is 19.0. The molecule has 0 unspecified atom stereocenters. The van der Waals surface area contributed by atoms with Gasteiger partial charge in [-0.05, 0) is 59.8 Å². The molecule has 0 amide bonds. The molecule has 31 heavy (non-hydrogen) atoms. The van der Waals surface area contributed by atoms with Gasteiger partial charge in [-0.25, -0.2) is 4.99 Å². The zero-order valence-corrected chi connectivity index (χ0v) is 18.6. The van der Waals surface area contributed by atoms with E-state index < -0.39 is 0 Å². The first-order chi connectivity index (χ1) is 14.9. The van der Waals surface area contributed by atoms with Crippen molar-refractivity contribution in [1.29, 1.82) is 0 Å². The second kappa shape index (κ2) is 8.63. The molecule has 1 aliphatic heterocycles. The van der Waals surface area contributed by atoms with E-state index in [-0.39, 0.29) is 11.2 Å². The third kappa shape index (κ3) is 4.69. The fourth-order valence-corrected chi connectivity index (χ4v) is 4.35. The monoisotopic (exact) mass is 418 g/mol. The van der Waals surface area contributed by atoms with E-state index in [4.69, 9.17) is 4.74 Å². The lowest BCUT2D eigenvalue weighted by Crippen LogP contribution is -2.35. The summed E-state index contributed by atoms with van der Waals surface area (Å²) in [6.45, 7) is 13.5. The molecule has 0 bridgehead atoms. The van der Waals surface area contributed by atoms with Crippen molar-refractivity contribution in [2.24, 2.45) is 10.4 Å². The Kier molecular flexibility index (Phi) is 5.92. The molecule has 6 heteroatoms. The van der Waals surface area contributed by atoms with Gasteiger partial charge in [-0.2, -0.15) is 5.10 Å². The number of hydrogen-bond acceptors (Lipinski definition) is 5. The van der Waals surface area contributed by atoms with Crippen molar-refractivity contribution in [1.82, 2.24) is 15.1 Å². The Balaban J connectivity index is 1.69. The fraction of sp³-hybridized carbons (Fsp3) is 0.400. The summed E-state index contributed by atoms with van der Waals surface area (Å²) in [5, 5.41) is 8.64. The van der Waals surface area contributed by atoms with Crippen molar-refractivity contribution in [3.8, 4) is 0 Å². The summed E-state index contributed by atoms with van der Waals surface area (Å²) < 4.78 is 5.47. The fourth-order valence-electron chi connectivity index (χ4n) is 4.35. The smallest absolute Gasteiger partial charge is 0.156 e. The molecule has 1 N–H and O–H groups in total. The highest BCUT2D eigenvalue weighted by Crippen LogP contribution is 2.39. The first-order valence-electron chi connectivity index (χ1n) is 10.8. The van der Waals surface area contributed by atoms with Gasteiger partial charge in [0.15, 0.2) is 5.78 Å². The van der Waals surface area contributed by atoms with Crippen LogP contribution in [0.3, 0.4) is 0 Å². The highest BCUT2D eigenvalue weighted by Gasteiger charge is 2.28. The number of carbonyl (C=O) groups excluding carboxylic acids is 1. The molecule has 0 spiro atoms. The standard InChI is InChI=1S/C25H30N4O2/c1-5-26-23(29-8-10-31-11-9-29)12-17(2)24-21-14-18(6-7-22(21)27-28-24)19-13-20(30)16-25(3,4)15-19/h5-7,12-14H,2,8-11,15-16H2,1,3-4H3,(H,27,28)/b23-12+,26-5-. The van der Waals surface area contributed by atoms with Crippen LogP contribution in [-0.4, -0.2) is 53.4 Å². The van der Waals surface area contributed by atoms with Gasteiger partial charge >= 0.3 is 0 Å². The van der Waals surface area contributed by atoms with Gasteiger partial charge in [0.2, 0.25) is 0 Å². The molecule has 1 aliphatic carbocycles. The molecule has 4 rings (SSSR count). The van der Waals surface area contributed by atoms with Crippen LogP contribution in [0.25, 0.3) is 22.0 Å². The lowest BCUT2D eigenvalue weighted by Gasteiger charge is -2.29. The summed E-state index contributed by atoms with van der Waals surface area (Å²) in [5.41, 5.74) is 4.67. The molecule has 1 aromatic heterocycles. The molecule has 0 atom stereocenters. The molecule has 6 nitrogen and oxygen atoms in total. The quantitative estimate of drug-likeness (QED) is 0.568. The predicted octanol–water partition coefficient (Wildman–Crippen LogP) is 4.61. The Morgan fingerprint density at radius 2 is 2.06 bits per heavy atom. The van der Waals surface area contributed by atoms with Crippen molar-refractivity contribution in [3.05, 3.63) is 54.0 Å². The maximum Gasteiger partial charge on any atom is 0.156 e. The number of carbonyl (C=O) groups is 1. The Labute approximate surface area is 183 Å². The Hall–Kier alpha value is -2.99. The van der Waals surface area contributed by atoms with E-state index in [1.54, 1.807) is 12.3 Å². The minimum Gasteiger partial charge on any atom is -0.378 e. The van der Waals surface area contributed by atoms with E-state index in [1.165, 1.54) is 0 Å². The van der Waals surface area contributed by atoms with Crippen LogP contribution in [0.1, 0.15) is 44.9 Å². The van der Waals surface area contributed by atoms with E-state index in [9.17, 15) is 4.79 Å². The molecule has 0 radical (unpaired) electrons. The Morgan fingerprint density at radius 3 is 2.77 bits per heavy atom. The minimum atomic E-state index is -0.0209. The molecule has 2 aliphatic rings. The van der Waals surface area contributed by atoms with E-state index in [2.05, 4.69) is 52.6 Å². The summed E-state index contributed by atoms with van der Waals surface area (Å²) >= 11 is 0. The Bertz CT molecular complexity index is 1100. The number of aromatic amines is 1. The summed E-state index contributed by atoms with van der Waals surface area (Å²) in [6, 6.07) is 6.20. The summed E-state index contributed by atoms with van der Waals surface area (Å²) in [5.74, 6) is 1.06. The maximum atomic E-state index is 12.2. The number of morpholine rings is 1. The number of fused-ring (bicyclic) bond motifs is 1. The van der Waals surface area contributed by atoms with Gasteiger partial charge in [0.25, 0.3) is 0 Å². The molecule has 2 aromatic rings. The number of rotatable bonds is 5. The average molecular weight is 419 g/mol. The number of nitrogens with one attached hydrogen (secondary N) is 1. The number of benzene rings is 1. The summed E-state index contributed by atoms with van der Waals surface area (Å²) in [6.07, 6.45) is 7.06. The highest BCUT2D eigenvalue weighted by atomic mass is 16.5. The largest absolute Gasteiger partial charge is 0.378 e. The van der Waals surface area contributed by atoms with E-state index in [0.29, 0.717) is 19.6 Å². The van der Waals surface area contributed by atoms with Gasteiger partial charge in [-0.15, -0.1) is 0 Å². The van der Waals surface area contributed by atoms with Gasteiger partial charge in [-0.3, -0.25) is 9.89 Å². The van der Waals surface area contributed by atoms with Crippen LogP contribution < -0.4 is 0 Å². The van der Waals surface area contributed by atoms with E-state index in [0.717, 1.165) is 58.6 Å². The van der Waals surface area contributed by atoms with Gasteiger partial charge < -0.3 is 9.64 Å². The number of hydrogen-bond donors (Lipinski definition) is 1. The molecule has 1 saturated heterocycles. The molecule has 2 heterocycles. The molecule has 1 fully saturated rings. The molecule has 162 valence electrons. The summed E-state index contributed by atoms with van der Waals surface area (Å²) in [7, 11) is 0. The number of aromatic nitrogens is 2. The van der Waals surface area contributed by atoms with E-state index in [1.807, 2.05) is 19.1 Å². The third-order valence-corrected chi connectivity index (χ3v) is 5.79. The SMILES string of the molecule is C=C(/C=C(\N=C/C)N1CCOCC1)c1n[nH]c2ccc(C3=CC(=O)CC(C)(C)C3)cc12. The van der Waals surface area contributed by atoms with Crippen LogP contribution in [0.2, 0.25) is 0 Å². The third-order valence-electron chi connectivity index (χ3n) is 5.79. The van der Waals surface area contributed by atoms with Crippen LogP contribution in [0, 0.1) is 5.41 Å². The number of ketones is 1. The van der Waals surface area contributed by atoms with Gasteiger partial charge in [0, 0.05) is 31.1 Å². The topological polar surface area (TPSA) is 70.6 Å². The van der Waals surface area contributed by atoms with Gasteiger partial charge in [-0.1, -0.05) is 26.5 Å². The normalized spacial score (nSPS) is 19.8. The van der Waals surface area contributed by atoms with Crippen LogP contribution in [0.15, 0.2) is 47.7 Å². The number of H-pyrrole nitrogens is 1. The predicted molar refractivity (Wildman–Crippen MR) is 126 cm³/mol. The second-order valence-corrected chi connectivity index (χ2v) is 9.00. The number of aliphatic imine (C=N–C) groups is 1. The van der Waals surface area contributed by atoms with Crippen LogP contribution in [0.5, 0.6) is 0 Å². The molecular weight excluding hydrogens is 388 g/mol. The zero-order chi connectivity index (χ0) is 22.0. The molecule has 0 saturated carbocycles. The maximum absolute atomic E-state index is 12.2. The van der Waals surface area contributed by atoms with Crippen molar-refractivity contribution in [3.63, 3.8) is 0 Å². The molecular formula is C25H30N4O2. The first-order valence-corrected chi connectivity index (χ1v) is 10.8. The second-order valence-electron chi connectivity index (χ2n) is 9.00. The van der Waals surface area contributed by atoms with Crippen molar-refractivity contribution in [2.75, 3.05) is 26.3 Å². The van der Waals surface area contributed by atoms with Crippen LogP contribution in [0.4, 0.5) is 0 Å². The van der Waals surface area contributed by atoms with Gasteiger partial charge in [0.1, 0.15) is 5.82 Å². The van der Waals surface area contributed by atoms with Crippen LogP contribution in [-0.2, 0) is 9.53 Å². The lowest BCUT2D eigenvalue weighted by atomic mass is 9.75. The number of allylic oxidation sites excluding steroid dienone is 4. The Morgan fingerprint density at radius 1 is 1.29 bits per heavy atom. The number of ether oxygens (including phenoxy) is 1. The average Bonchev–Trinajstić information content (AvgIpc) is 3.16. The molecule has 1 aromatic carbocycles. The van der Waals surface area contributed by atoms with E-state index >= 15 is 0 Å². The number of nitrogens with zero attached hydrogens (tertiary/aromatic N) is 3. The van der Waals surface area contributed by atoms with Gasteiger partial charge in [0.05, 0.1) is 24.4 Å². The minimum absolute atomic E-state index is 0.0209. The van der Waals surface area contributed by atoms with Crippen molar-refractivity contribution >= 4 is 34.0 Å². The van der Waals surface area contributed by atoms with Crippen LogP contribution >= 0.6 is 0 Å². The van der Waals surface area contributed by atoms with Crippen molar-refractivity contribution in [2.45, 2.75) is 33.6 Å².